The first-order valence-electron chi connectivity index (χ1n) is 6.71. The van der Waals surface area contributed by atoms with Crippen molar-refractivity contribution in [1.29, 1.82) is 0 Å². The van der Waals surface area contributed by atoms with E-state index in [2.05, 4.69) is 20.6 Å². The molecular formula is C14H16N4OS. The maximum absolute atomic E-state index is 12.0. The van der Waals surface area contributed by atoms with Crippen LogP contribution in [-0.4, -0.2) is 29.0 Å². The van der Waals surface area contributed by atoms with Gasteiger partial charge in [-0.1, -0.05) is 0 Å². The lowest BCUT2D eigenvalue weighted by atomic mass is 9.97. The summed E-state index contributed by atoms with van der Waals surface area (Å²) in [6.07, 6.45) is 7.36. The molecule has 0 aliphatic carbocycles. The summed E-state index contributed by atoms with van der Waals surface area (Å²) in [4.78, 5) is 21.5. The Bertz CT molecular complexity index is 578. The molecule has 0 radical (unpaired) electrons. The van der Waals surface area contributed by atoms with E-state index in [1.54, 1.807) is 35.9 Å². The van der Waals surface area contributed by atoms with Crippen LogP contribution in [0.2, 0.25) is 0 Å². The molecule has 0 saturated carbocycles. The van der Waals surface area contributed by atoms with Crippen LogP contribution in [0.15, 0.2) is 30.7 Å². The second-order valence-corrected chi connectivity index (χ2v) is 5.85. The number of pyridine rings is 1. The van der Waals surface area contributed by atoms with Gasteiger partial charge in [-0.3, -0.25) is 15.1 Å². The highest BCUT2D eigenvalue weighted by Gasteiger charge is 2.18. The molecule has 1 fully saturated rings. The van der Waals surface area contributed by atoms with Gasteiger partial charge in [-0.25, -0.2) is 4.98 Å². The van der Waals surface area contributed by atoms with Crippen LogP contribution in [0.1, 0.15) is 34.0 Å². The molecule has 0 spiro atoms. The zero-order chi connectivity index (χ0) is 13.8. The van der Waals surface area contributed by atoms with E-state index >= 15 is 0 Å². The molecule has 6 heteroatoms. The minimum Gasteiger partial charge on any atom is -0.317 e. The van der Waals surface area contributed by atoms with Crippen LogP contribution in [0.3, 0.4) is 0 Å². The van der Waals surface area contributed by atoms with Gasteiger partial charge in [-0.15, -0.1) is 11.3 Å². The van der Waals surface area contributed by atoms with Crippen LogP contribution in [0.25, 0.3) is 0 Å². The summed E-state index contributed by atoms with van der Waals surface area (Å²) in [6.45, 7) is 2.11. The Hall–Kier alpha value is -1.79. The van der Waals surface area contributed by atoms with Crippen molar-refractivity contribution in [2.45, 2.75) is 18.8 Å². The lowest BCUT2D eigenvalue weighted by Gasteiger charge is -2.20. The van der Waals surface area contributed by atoms with Crippen LogP contribution in [0.4, 0.5) is 5.13 Å². The molecule has 0 bridgehead atoms. The van der Waals surface area contributed by atoms with Crippen LogP contribution in [0.5, 0.6) is 0 Å². The van der Waals surface area contributed by atoms with E-state index < -0.39 is 0 Å². The third-order valence-corrected chi connectivity index (χ3v) is 4.48. The zero-order valence-corrected chi connectivity index (χ0v) is 11.8. The molecule has 2 aromatic rings. The summed E-state index contributed by atoms with van der Waals surface area (Å²) in [5.74, 6) is 0.405. The number of nitrogens with one attached hydrogen (secondary N) is 2. The molecule has 5 nitrogen and oxygen atoms in total. The van der Waals surface area contributed by atoms with E-state index in [9.17, 15) is 4.79 Å². The van der Waals surface area contributed by atoms with Gasteiger partial charge in [0.2, 0.25) is 0 Å². The second kappa shape index (κ2) is 6.11. The number of carbonyl (C=O) groups excluding carboxylic acids is 1. The number of anilines is 1. The van der Waals surface area contributed by atoms with E-state index in [0.717, 1.165) is 25.9 Å². The highest BCUT2D eigenvalue weighted by molar-refractivity contribution is 7.15. The Morgan fingerprint density at radius 2 is 2.20 bits per heavy atom. The van der Waals surface area contributed by atoms with Crippen LogP contribution in [0, 0.1) is 0 Å². The van der Waals surface area contributed by atoms with Crippen molar-refractivity contribution in [2.24, 2.45) is 0 Å². The predicted octanol–water partition coefficient (Wildman–Crippen LogP) is 2.26. The topological polar surface area (TPSA) is 66.9 Å². The second-order valence-electron chi connectivity index (χ2n) is 4.79. The fourth-order valence-corrected chi connectivity index (χ4v) is 3.29. The number of hydrogen-bond donors (Lipinski definition) is 2. The minimum atomic E-state index is -0.163. The van der Waals surface area contributed by atoms with E-state index in [0.29, 0.717) is 16.6 Å². The first-order valence-corrected chi connectivity index (χ1v) is 7.52. The number of amides is 1. The van der Waals surface area contributed by atoms with Gasteiger partial charge in [0.25, 0.3) is 5.91 Å². The van der Waals surface area contributed by atoms with Crippen molar-refractivity contribution in [3.05, 3.63) is 41.2 Å². The molecule has 1 saturated heterocycles. The first kappa shape index (κ1) is 13.2. The quantitative estimate of drug-likeness (QED) is 0.909. The molecule has 3 heterocycles. The SMILES string of the molecule is O=C(Nc1ncc(C2CCNCC2)s1)c1cccnc1. The van der Waals surface area contributed by atoms with Crippen molar-refractivity contribution in [2.75, 3.05) is 18.4 Å². The molecule has 2 aromatic heterocycles. The monoisotopic (exact) mass is 288 g/mol. The Morgan fingerprint density at radius 3 is 2.95 bits per heavy atom. The van der Waals surface area contributed by atoms with Crippen molar-refractivity contribution >= 4 is 22.4 Å². The average molecular weight is 288 g/mol. The summed E-state index contributed by atoms with van der Waals surface area (Å²) in [6, 6.07) is 3.49. The van der Waals surface area contributed by atoms with E-state index in [4.69, 9.17) is 0 Å². The van der Waals surface area contributed by atoms with Gasteiger partial charge >= 0.3 is 0 Å². The molecular weight excluding hydrogens is 272 g/mol. The molecule has 1 amide bonds. The lowest BCUT2D eigenvalue weighted by molar-refractivity contribution is 0.102. The number of carbonyl (C=O) groups is 1. The predicted molar refractivity (Wildman–Crippen MR) is 79.1 cm³/mol. The van der Waals surface area contributed by atoms with Gasteiger partial charge in [0.1, 0.15) is 0 Å². The Morgan fingerprint density at radius 1 is 1.35 bits per heavy atom. The Kier molecular flexibility index (Phi) is 4.03. The van der Waals surface area contributed by atoms with E-state index in [-0.39, 0.29) is 5.91 Å². The number of rotatable bonds is 3. The molecule has 1 aliphatic rings. The van der Waals surface area contributed by atoms with Crippen molar-refractivity contribution < 1.29 is 4.79 Å². The van der Waals surface area contributed by atoms with Gasteiger partial charge in [-0.2, -0.15) is 0 Å². The number of aromatic nitrogens is 2. The third kappa shape index (κ3) is 3.02. The molecule has 0 atom stereocenters. The summed E-state index contributed by atoms with van der Waals surface area (Å²) in [5.41, 5.74) is 0.547. The van der Waals surface area contributed by atoms with Crippen molar-refractivity contribution in [3.8, 4) is 0 Å². The fraction of sp³-hybridized carbons (Fsp3) is 0.357. The zero-order valence-electron chi connectivity index (χ0n) is 11.0. The minimum absolute atomic E-state index is 0.163. The van der Waals surface area contributed by atoms with Gasteiger partial charge in [-0.05, 0) is 44.0 Å². The number of hydrogen-bond acceptors (Lipinski definition) is 5. The van der Waals surface area contributed by atoms with Gasteiger partial charge in [0.05, 0.1) is 5.56 Å². The highest BCUT2D eigenvalue weighted by atomic mass is 32.1. The summed E-state index contributed by atoms with van der Waals surface area (Å²) in [5, 5.41) is 6.84. The Balaban J connectivity index is 1.66. The molecule has 1 aliphatic heterocycles. The largest absolute Gasteiger partial charge is 0.317 e. The van der Waals surface area contributed by atoms with Crippen molar-refractivity contribution in [3.63, 3.8) is 0 Å². The fourth-order valence-electron chi connectivity index (χ4n) is 2.31. The first-order chi connectivity index (χ1) is 9.83. The number of piperidine rings is 1. The Labute approximate surface area is 121 Å². The third-order valence-electron chi connectivity index (χ3n) is 3.41. The van der Waals surface area contributed by atoms with Crippen LogP contribution >= 0.6 is 11.3 Å². The highest BCUT2D eigenvalue weighted by Crippen LogP contribution is 2.31. The van der Waals surface area contributed by atoms with Gasteiger partial charge in [0, 0.05) is 23.5 Å². The van der Waals surface area contributed by atoms with Gasteiger partial charge in [0.15, 0.2) is 5.13 Å². The van der Waals surface area contributed by atoms with Crippen molar-refractivity contribution in [1.82, 2.24) is 15.3 Å². The number of thiazole rings is 1. The van der Waals surface area contributed by atoms with Gasteiger partial charge < -0.3 is 5.32 Å². The molecule has 0 aromatic carbocycles. The summed E-state index contributed by atoms with van der Waals surface area (Å²) in [7, 11) is 0. The normalized spacial score (nSPS) is 16.0. The summed E-state index contributed by atoms with van der Waals surface area (Å²) < 4.78 is 0. The molecule has 3 rings (SSSR count). The number of nitrogens with zero attached hydrogens (tertiary/aromatic N) is 2. The molecule has 104 valence electrons. The molecule has 0 unspecified atom stereocenters. The van der Waals surface area contributed by atoms with E-state index in [1.807, 2.05) is 6.20 Å². The maximum Gasteiger partial charge on any atom is 0.259 e. The van der Waals surface area contributed by atoms with E-state index in [1.165, 1.54) is 4.88 Å². The van der Waals surface area contributed by atoms with Crippen LogP contribution in [-0.2, 0) is 0 Å². The smallest absolute Gasteiger partial charge is 0.259 e. The lowest BCUT2D eigenvalue weighted by Crippen LogP contribution is -2.26. The molecule has 2 N–H and O–H groups in total. The maximum atomic E-state index is 12.0. The standard InChI is InChI=1S/C14H16N4OS/c19-13(11-2-1-5-16-8-11)18-14-17-9-12(20-14)10-3-6-15-7-4-10/h1-2,5,8-10,15H,3-4,6-7H2,(H,17,18,19). The molecule has 20 heavy (non-hydrogen) atoms. The average Bonchev–Trinajstić information content (AvgIpc) is 2.97. The summed E-state index contributed by atoms with van der Waals surface area (Å²) >= 11 is 1.57. The van der Waals surface area contributed by atoms with Crippen LogP contribution < -0.4 is 10.6 Å².